The Morgan fingerprint density at radius 2 is 1.79 bits per heavy atom. The second-order valence-electron chi connectivity index (χ2n) is 6.03. The van der Waals surface area contributed by atoms with Crippen molar-refractivity contribution in [2.45, 2.75) is 65.3 Å². The molecule has 0 aliphatic heterocycles. The molecule has 1 aromatic heterocycles. The van der Waals surface area contributed by atoms with E-state index < -0.39 is 0 Å². The molecule has 1 saturated carbocycles. The summed E-state index contributed by atoms with van der Waals surface area (Å²) in [7, 11) is 0. The summed E-state index contributed by atoms with van der Waals surface area (Å²) in [6.07, 6.45) is 8.43. The van der Waals surface area contributed by atoms with E-state index in [1.165, 1.54) is 44.1 Å². The van der Waals surface area contributed by atoms with E-state index in [1.807, 2.05) is 0 Å². The molecule has 2 rings (SSSR count). The largest absolute Gasteiger partial charge is 0.310 e. The zero-order valence-corrected chi connectivity index (χ0v) is 12.7. The Morgan fingerprint density at radius 1 is 1.16 bits per heavy atom. The minimum atomic E-state index is 0.508. The maximum atomic E-state index is 4.50. The van der Waals surface area contributed by atoms with Gasteiger partial charge in [-0.1, -0.05) is 39.0 Å². The lowest BCUT2D eigenvalue weighted by atomic mass is 9.83. The normalized spacial score (nSPS) is 18.5. The summed E-state index contributed by atoms with van der Waals surface area (Å²) in [5.74, 6) is 0.909. The highest BCUT2D eigenvalue weighted by Gasteiger charge is 2.20. The van der Waals surface area contributed by atoms with Gasteiger partial charge in [0.1, 0.15) is 0 Å². The van der Waals surface area contributed by atoms with E-state index in [0.717, 1.165) is 23.9 Å². The third-order valence-electron chi connectivity index (χ3n) is 4.25. The Labute approximate surface area is 118 Å². The smallest absolute Gasteiger partial charge is 0.0379 e. The molecule has 2 heteroatoms. The van der Waals surface area contributed by atoms with E-state index in [9.17, 15) is 0 Å². The molecule has 0 saturated heterocycles. The molecular weight excluding hydrogens is 232 g/mol. The van der Waals surface area contributed by atoms with Crippen LogP contribution in [0.3, 0.4) is 0 Å². The third kappa shape index (κ3) is 4.31. The first-order valence-corrected chi connectivity index (χ1v) is 7.87. The second kappa shape index (κ2) is 7.04. The number of aryl methyl sites for hydroxylation is 2. The Hall–Kier alpha value is -0.890. The van der Waals surface area contributed by atoms with Crippen molar-refractivity contribution < 1.29 is 0 Å². The number of nitrogens with zero attached hydrogens (tertiary/aromatic N) is 1. The fraction of sp³-hybridized carbons (Fsp3) is 0.706. The predicted octanol–water partition coefficient (Wildman–Crippen LogP) is 4.32. The standard InChI is InChI=1S/C17H28N2/c1-4-18-17(12-15-8-6-5-7-9-15)16-10-13(2)19-14(3)11-16/h10-11,15,17-18H,4-9,12H2,1-3H3. The maximum absolute atomic E-state index is 4.50. The van der Waals surface area contributed by atoms with Gasteiger partial charge >= 0.3 is 0 Å². The van der Waals surface area contributed by atoms with Crippen LogP contribution in [-0.4, -0.2) is 11.5 Å². The minimum absolute atomic E-state index is 0.508. The van der Waals surface area contributed by atoms with Crippen LogP contribution in [-0.2, 0) is 0 Å². The summed E-state index contributed by atoms with van der Waals surface area (Å²) in [5, 5.41) is 3.67. The molecule has 1 aromatic rings. The van der Waals surface area contributed by atoms with E-state index in [1.54, 1.807) is 0 Å². The van der Waals surface area contributed by atoms with Crippen LogP contribution in [0.2, 0.25) is 0 Å². The summed E-state index contributed by atoms with van der Waals surface area (Å²) in [6, 6.07) is 5.01. The maximum Gasteiger partial charge on any atom is 0.0379 e. The van der Waals surface area contributed by atoms with Crippen LogP contribution in [0.25, 0.3) is 0 Å². The molecule has 2 nitrogen and oxygen atoms in total. The van der Waals surface area contributed by atoms with Gasteiger partial charge in [0.15, 0.2) is 0 Å². The number of nitrogens with one attached hydrogen (secondary N) is 1. The number of hydrogen-bond donors (Lipinski definition) is 1. The van der Waals surface area contributed by atoms with Crippen molar-refractivity contribution in [1.29, 1.82) is 0 Å². The molecular formula is C17H28N2. The number of aromatic nitrogens is 1. The first-order valence-electron chi connectivity index (χ1n) is 7.87. The van der Waals surface area contributed by atoms with E-state index in [4.69, 9.17) is 0 Å². The van der Waals surface area contributed by atoms with E-state index in [-0.39, 0.29) is 0 Å². The Kier molecular flexibility index (Phi) is 5.38. The molecule has 1 fully saturated rings. The molecule has 1 aliphatic carbocycles. The fourth-order valence-corrected chi connectivity index (χ4v) is 3.41. The lowest BCUT2D eigenvalue weighted by Crippen LogP contribution is -2.24. The van der Waals surface area contributed by atoms with Crippen LogP contribution >= 0.6 is 0 Å². The lowest BCUT2D eigenvalue weighted by Gasteiger charge is -2.27. The predicted molar refractivity (Wildman–Crippen MR) is 81.3 cm³/mol. The topological polar surface area (TPSA) is 24.9 Å². The third-order valence-corrected chi connectivity index (χ3v) is 4.25. The SMILES string of the molecule is CCNC(CC1CCCCC1)c1cc(C)nc(C)c1. The van der Waals surface area contributed by atoms with E-state index in [0.29, 0.717) is 6.04 Å². The highest BCUT2D eigenvalue weighted by molar-refractivity contribution is 5.23. The summed E-state index contributed by atoms with van der Waals surface area (Å²) in [6.45, 7) is 7.44. The van der Waals surface area contributed by atoms with Gasteiger partial charge in [0.25, 0.3) is 0 Å². The Bertz CT molecular complexity index is 374. The highest BCUT2D eigenvalue weighted by atomic mass is 14.9. The van der Waals surface area contributed by atoms with Crippen LogP contribution in [0, 0.1) is 19.8 Å². The first-order chi connectivity index (χ1) is 9.19. The Morgan fingerprint density at radius 3 is 2.37 bits per heavy atom. The molecule has 0 aromatic carbocycles. The molecule has 19 heavy (non-hydrogen) atoms. The number of hydrogen-bond acceptors (Lipinski definition) is 2. The zero-order valence-electron chi connectivity index (χ0n) is 12.7. The van der Waals surface area contributed by atoms with Gasteiger partial charge in [-0.15, -0.1) is 0 Å². The van der Waals surface area contributed by atoms with Gasteiger partial charge in [0.2, 0.25) is 0 Å². The van der Waals surface area contributed by atoms with Crippen LogP contribution < -0.4 is 5.32 Å². The zero-order chi connectivity index (χ0) is 13.7. The van der Waals surface area contributed by atoms with Crippen molar-refractivity contribution in [3.63, 3.8) is 0 Å². The molecule has 1 atom stereocenters. The van der Waals surface area contributed by atoms with Crippen molar-refractivity contribution >= 4 is 0 Å². The quantitative estimate of drug-likeness (QED) is 0.853. The van der Waals surface area contributed by atoms with Gasteiger partial charge < -0.3 is 5.32 Å². The van der Waals surface area contributed by atoms with Crippen LogP contribution in [0.4, 0.5) is 0 Å². The van der Waals surface area contributed by atoms with Gasteiger partial charge in [-0.05, 0) is 50.4 Å². The average Bonchev–Trinajstić information content (AvgIpc) is 2.38. The van der Waals surface area contributed by atoms with Crippen molar-refractivity contribution in [2.75, 3.05) is 6.54 Å². The minimum Gasteiger partial charge on any atom is -0.310 e. The summed E-state index contributed by atoms with van der Waals surface area (Å²) in [5.41, 5.74) is 3.71. The molecule has 0 spiro atoms. The lowest BCUT2D eigenvalue weighted by molar-refractivity contribution is 0.301. The summed E-state index contributed by atoms with van der Waals surface area (Å²) < 4.78 is 0. The first kappa shape index (κ1) is 14.5. The van der Waals surface area contributed by atoms with Gasteiger partial charge in [0, 0.05) is 17.4 Å². The molecule has 106 valence electrons. The number of pyridine rings is 1. The van der Waals surface area contributed by atoms with Crippen LogP contribution in [0.15, 0.2) is 12.1 Å². The van der Waals surface area contributed by atoms with Crippen molar-refractivity contribution in [2.24, 2.45) is 5.92 Å². The van der Waals surface area contributed by atoms with Crippen molar-refractivity contribution in [3.8, 4) is 0 Å². The van der Waals surface area contributed by atoms with Gasteiger partial charge in [0.05, 0.1) is 0 Å². The van der Waals surface area contributed by atoms with Gasteiger partial charge in [-0.3, -0.25) is 4.98 Å². The average molecular weight is 260 g/mol. The highest BCUT2D eigenvalue weighted by Crippen LogP contribution is 2.32. The molecule has 0 radical (unpaired) electrons. The molecule has 1 unspecified atom stereocenters. The Balaban J connectivity index is 2.09. The molecule has 1 N–H and O–H groups in total. The van der Waals surface area contributed by atoms with Crippen LogP contribution in [0.5, 0.6) is 0 Å². The van der Waals surface area contributed by atoms with Crippen molar-refractivity contribution in [3.05, 3.63) is 29.1 Å². The van der Waals surface area contributed by atoms with Gasteiger partial charge in [-0.2, -0.15) is 0 Å². The molecule has 1 aliphatic rings. The summed E-state index contributed by atoms with van der Waals surface area (Å²) in [4.78, 5) is 4.50. The second-order valence-corrected chi connectivity index (χ2v) is 6.03. The monoisotopic (exact) mass is 260 g/mol. The fourth-order valence-electron chi connectivity index (χ4n) is 3.41. The van der Waals surface area contributed by atoms with Crippen LogP contribution in [0.1, 0.15) is 68.4 Å². The van der Waals surface area contributed by atoms with E-state index >= 15 is 0 Å². The number of rotatable bonds is 5. The van der Waals surface area contributed by atoms with Gasteiger partial charge in [-0.25, -0.2) is 0 Å². The molecule has 0 bridgehead atoms. The molecule has 0 amide bonds. The van der Waals surface area contributed by atoms with Crippen molar-refractivity contribution in [1.82, 2.24) is 10.3 Å². The summed E-state index contributed by atoms with van der Waals surface area (Å²) >= 11 is 0. The van der Waals surface area contributed by atoms with E-state index in [2.05, 4.69) is 43.2 Å². The molecule has 1 heterocycles.